The fourth-order valence-electron chi connectivity index (χ4n) is 1.71. The van der Waals surface area contributed by atoms with Crippen molar-refractivity contribution in [3.05, 3.63) is 0 Å². The molecule has 0 heterocycles. The van der Waals surface area contributed by atoms with Crippen LogP contribution in [0.2, 0.25) is 0 Å². The molecule has 0 N–H and O–H groups in total. The summed E-state index contributed by atoms with van der Waals surface area (Å²) in [7, 11) is 0. The van der Waals surface area contributed by atoms with Gasteiger partial charge in [-0.2, -0.15) is 0 Å². The van der Waals surface area contributed by atoms with Gasteiger partial charge < -0.3 is 39.6 Å². The number of rotatable bonds is 11. The fourth-order valence-corrected chi connectivity index (χ4v) is 1.71. The van der Waals surface area contributed by atoms with Crippen LogP contribution in [0.25, 0.3) is 0 Å². The first-order chi connectivity index (χ1) is 10.1. The van der Waals surface area contributed by atoms with Crippen molar-refractivity contribution in [1.29, 1.82) is 0 Å². The molecule has 0 aromatic carbocycles. The average Bonchev–Trinajstić information content (AvgIpc) is 2.38. The first-order valence-corrected chi connectivity index (χ1v) is 6.35. The molecule has 2 atom stereocenters. The Morgan fingerprint density at radius 2 is 1.00 bits per heavy atom. The monoisotopic (exact) mass is 316 g/mol. The summed E-state index contributed by atoms with van der Waals surface area (Å²) in [4.78, 5) is 44.7. The van der Waals surface area contributed by atoms with E-state index in [0.717, 1.165) is 9.80 Å². The van der Waals surface area contributed by atoms with Crippen LogP contribution in [0.4, 0.5) is 0 Å². The predicted molar refractivity (Wildman–Crippen MR) is 62.1 cm³/mol. The highest BCUT2D eigenvalue weighted by molar-refractivity contribution is 5.73. The van der Waals surface area contributed by atoms with Gasteiger partial charge in [-0.25, -0.2) is 0 Å². The Kier molecular flexibility index (Phi) is 8.05. The van der Waals surface area contributed by atoms with Crippen LogP contribution in [0.3, 0.4) is 0 Å². The van der Waals surface area contributed by atoms with E-state index in [1.807, 2.05) is 0 Å². The van der Waals surface area contributed by atoms with E-state index >= 15 is 0 Å². The van der Waals surface area contributed by atoms with Crippen LogP contribution < -0.4 is 20.4 Å². The first-order valence-electron chi connectivity index (χ1n) is 6.35. The van der Waals surface area contributed by atoms with Gasteiger partial charge in [-0.1, -0.05) is 0 Å². The molecule has 0 aliphatic heterocycles. The molecule has 0 radical (unpaired) electrons. The maximum atomic E-state index is 10.8. The van der Waals surface area contributed by atoms with Gasteiger partial charge in [0, 0.05) is 38.3 Å². The second-order valence-corrected chi connectivity index (χ2v) is 4.67. The molecule has 0 spiro atoms. The topological polar surface area (TPSA) is 167 Å². The van der Waals surface area contributed by atoms with Crippen molar-refractivity contribution in [2.45, 2.75) is 25.9 Å². The van der Waals surface area contributed by atoms with Gasteiger partial charge in [-0.15, -0.1) is 0 Å². The normalized spacial score (nSPS) is 13.8. The third kappa shape index (κ3) is 6.99. The van der Waals surface area contributed by atoms with E-state index in [4.69, 9.17) is 0 Å². The molecule has 22 heavy (non-hydrogen) atoms. The van der Waals surface area contributed by atoms with Crippen LogP contribution in [-0.4, -0.2) is 71.9 Å². The summed E-state index contributed by atoms with van der Waals surface area (Å²) in [5.41, 5.74) is 0. The van der Waals surface area contributed by atoms with Gasteiger partial charge in [-0.05, 0) is 13.8 Å². The number of hydrogen-bond acceptors (Lipinski definition) is 10. The molecular formula is C12H16N2O8-4. The molecule has 0 rings (SSSR count). The largest absolute Gasteiger partial charge is 0.549 e. The molecule has 0 aliphatic carbocycles. The Morgan fingerprint density at radius 1 is 0.727 bits per heavy atom. The Morgan fingerprint density at radius 3 is 1.18 bits per heavy atom. The van der Waals surface area contributed by atoms with Gasteiger partial charge in [0.1, 0.15) is 0 Å². The highest BCUT2D eigenvalue weighted by atomic mass is 16.4. The third-order valence-corrected chi connectivity index (χ3v) is 3.12. The lowest BCUT2D eigenvalue weighted by Crippen LogP contribution is -2.55. The number of carboxylic acid groups (broad SMARTS) is 4. The van der Waals surface area contributed by atoms with E-state index in [0.29, 0.717) is 0 Å². The van der Waals surface area contributed by atoms with E-state index in [1.165, 1.54) is 13.8 Å². The highest BCUT2D eigenvalue weighted by Crippen LogP contribution is 2.02. The van der Waals surface area contributed by atoms with Crippen molar-refractivity contribution in [1.82, 2.24) is 9.80 Å². The van der Waals surface area contributed by atoms with Gasteiger partial charge in [0.15, 0.2) is 0 Å². The second kappa shape index (κ2) is 8.95. The van der Waals surface area contributed by atoms with E-state index < -0.39 is 49.1 Å². The van der Waals surface area contributed by atoms with Crippen LogP contribution in [0, 0.1) is 0 Å². The van der Waals surface area contributed by atoms with E-state index in [9.17, 15) is 39.6 Å². The van der Waals surface area contributed by atoms with Crippen molar-refractivity contribution in [3.8, 4) is 0 Å². The van der Waals surface area contributed by atoms with Gasteiger partial charge in [0.05, 0.1) is 23.9 Å². The molecule has 0 saturated carbocycles. The maximum Gasteiger partial charge on any atom is 0.0583 e. The van der Waals surface area contributed by atoms with Crippen molar-refractivity contribution >= 4 is 23.9 Å². The van der Waals surface area contributed by atoms with Gasteiger partial charge >= 0.3 is 0 Å². The number of carbonyl (C=O) groups is 4. The standard InChI is InChI=1S/C12H20N2O8/c1-7(11(19)20)13(5-9(15)16)3-4-14(6-10(17)18)8(2)12(21)22/h7-8H,3-6H2,1-2H3,(H,15,16)(H,17,18)(H,19,20)(H,21,22)/p-4. The summed E-state index contributed by atoms with van der Waals surface area (Å²) in [5, 5.41) is 42.8. The summed E-state index contributed by atoms with van der Waals surface area (Å²) in [6.07, 6.45) is 0. The summed E-state index contributed by atoms with van der Waals surface area (Å²) in [6, 6.07) is -2.55. The quantitative estimate of drug-likeness (QED) is 0.357. The highest BCUT2D eigenvalue weighted by Gasteiger charge is 2.19. The van der Waals surface area contributed by atoms with Crippen LogP contribution >= 0.6 is 0 Å². The molecule has 0 aliphatic rings. The van der Waals surface area contributed by atoms with Crippen LogP contribution in [0.1, 0.15) is 13.8 Å². The molecule has 0 bridgehead atoms. The SMILES string of the molecule is CC(C(=O)[O-])N(CCN(CC(=O)[O-])C(C)C(=O)[O-])CC(=O)[O-]. The van der Waals surface area contributed by atoms with Crippen LogP contribution in [0.5, 0.6) is 0 Å². The molecule has 0 amide bonds. The number of carboxylic acids is 4. The van der Waals surface area contributed by atoms with Gasteiger partial charge in [0.2, 0.25) is 0 Å². The molecule has 2 unspecified atom stereocenters. The molecule has 10 heteroatoms. The van der Waals surface area contributed by atoms with Gasteiger partial charge in [0.25, 0.3) is 0 Å². The van der Waals surface area contributed by atoms with E-state index in [-0.39, 0.29) is 13.1 Å². The lowest BCUT2D eigenvalue weighted by Gasteiger charge is -2.35. The minimum atomic E-state index is -1.53. The Hall–Kier alpha value is -2.20. The lowest BCUT2D eigenvalue weighted by molar-refractivity contribution is -0.318. The summed E-state index contributed by atoms with van der Waals surface area (Å²) >= 11 is 0. The Balaban J connectivity index is 4.93. The van der Waals surface area contributed by atoms with Crippen molar-refractivity contribution in [2.75, 3.05) is 26.2 Å². The fraction of sp³-hybridized carbons (Fsp3) is 0.667. The molecule has 0 aromatic heterocycles. The lowest BCUT2D eigenvalue weighted by atomic mass is 10.2. The zero-order valence-corrected chi connectivity index (χ0v) is 12.1. The number of hydrogen-bond donors (Lipinski definition) is 0. The number of aliphatic carboxylic acids is 4. The zero-order chi connectivity index (χ0) is 17.4. The predicted octanol–water partition coefficient (Wildman–Crippen LogP) is -6.63. The molecule has 0 aromatic rings. The van der Waals surface area contributed by atoms with Gasteiger partial charge in [-0.3, -0.25) is 9.80 Å². The smallest absolute Gasteiger partial charge is 0.0583 e. The first kappa shape index (κ1) is 19.8. The summed E-state index contributed by atoms with van der Waals surface area (Å²) < 4.78 is 0. The average molecular weight is 316 g/mol. The number of nitrogens with zero attached hydrogens (tertiary/aromatic N) is 2. The Bertz CT molecular complexity index is 399. The minimum absolute atomic E-state index is 0.228. The molecule has 126 valence electrons. The van der Waals surface area contributed by atoms with Crippen molar-refractivity contribution in [3.63, 3.8) is 0 Å². The molecular weight excluding hydrogens is 300 g/mol. The maximum absolute atomic E-state index is 10.8. The Labute approximate surface area is 126 Å². The zero-order valence-electron chi connectivity index (χ0n) is 12.1. The third-order valence-electron chi connectivity index (χ3n) is 3.12. The van der Waals surface area contributed by atoms with Crippen LogP contribution in [-0.2, 0) is 19.2 Å². The van der Waals surface area contributed by atoms with E-state index in [1.54, 1.807) is 0 Å². The molecule has 0 saturated heterocycles. The van der Waals surface area contributed by atoms with Crippen LogP contribution in [0.15, 0.2) is 0 Å². The van der Waals surface area contributed by atoms with Crippen molar-refractivity contribution < 1.29 is 39.6 Å². The summed E-state index contributed by atoms with van der Waals surface area (Å²) in [5.74, 6) is -6.12. The van der Waals surface area contributed by atoms with Crippen molar-refractivity contribution in [2.24, 2.45) is 0 Å². The number of carbonyl (C=O) groups excluding carboxylic acids is 4. The second-order valence-electron chi connectivity index (χ2n) is 4.67. The van der Waals surface area contributed by atoms with E-state index in [2.05, 4.69) is 0 Å². The molecule has 10 nitrogen and oxygen atoms in total. The summed E-state index contributed by atoms with van der Waals surface area (Å²) in [6.45, 7) is 0.456. The molecule has 0 fully saturated rings. The minimum Gasteiger partial charge on any atom is -0.549 e.